The number of aromatic hydroxyl groups is 2. The largest absolute Gasteiger partial charge is 0.508 e. The topological polar surface area (TPSA) is 85.2 Å². The van der Waals surface area contributed by atoms with E-state index in [1.54, 1.807) is 20.3 Å². The zero-order valence-corrected chi connectivity index (χ0v) is 16.4. The second-order valence-corrected chi connectivity index (χ2v) is 6.93. The van der Waals surface area contributed by atoms with Gasteiger partial charge in [-0.15, -0.1) is 0 Å². The summed E-state index contributed by atoms with van der Waals surface area (Å²) in [5, 5.41) is 19.8. The summed E-state index contributed by atoms with van der Waals surface area (Å²) in [6.07, 6.45) is 2.16. The van der Waals surface area contributed by atoms with Crippen LogP contribution in [0.1, 0.15) is 47.9 Å². The number of ketones is 1. The predicted molar refractivity (Wildman–Crippen MR) is 105 cm³/mol. The van der Waals surface area contributed by atoms with E-state index < -0.39 is 6.10 Å². The van der Waals surface area contributed by atoms with Crippen LogP contribution in [0.25, 0.3) is 0 Å². The number of carbonyl (C=O) groups is 1. The summed E-state index contributed by atoms with van der Waals surface area (Å²) in [6.45, 7) is 4.02. The van der Waals surface area contributed by atoms with Crippen LogP contribution in [0.2, 0.25) is 0 Å². The Morgan fingerprint density at radius 1 is 1.21 bits per heavy atom. The van der Waals surface area contributed by atoms with Crippen LogP contribution in [-0.4, -0.2) is 30.2 Å². The molecule has 6 heteroatoms. The molecule has 1 aliphatic heterocycles. The Bertz CT molecular complexity index is 941. The average molecular weight is 384 g/mol. The summed E-state index contributed by atoms with van der Waals surface area (Å²) >= 11 is 0. The van der Waals surface area contributed by atoms with E-state index in [0.717, 1.165) is 22.8 Å². The van der Waals surface area contributed by atoms with Gasteiger partial charge in [0, 0.05) is 23.3 Å². The summed E-state index contributed by atoms with van der Waals surface area (Å²) in [4.78, 5) is 12.7. The third kappa shape index (κ3) is 3.63. The van der Waals surface area contributed by atoms with E-state index in [2.05, 4.69) is 6.08 Å². The molecule has 0 bridgehead atoms. The van der Waals surface area contributed by atoms with Crippen molar-refractivity contribution in [1.29, 1.82) is 0 Å². The maximum absolute atomic E-state index is 12.7. The monoisotopic (exact) mass is 384 g/mol. The predicted octanol–water partition coefficient (Wildman–Crippen LogP) is 4.33. The average Bonchev–Trinajstić information content (AvgIpc) is 2.64. The smallest absolute Gasteiger partial charge is 0.174 e. The molecule has 148 valence electrons. The van der Waals surface area contributed by atoms with Crippen LogP contribution in [0.4, 0.5) is 0 Å². The quantitative estimate of drug-likeness (QED) is 0.747. The molecule has 0 fully saturated rings. The van der Waals surface area contributed by atoms with E-state index in [9.17, 15) is 15.0 Å². The van der Waals surface area contributed by atoms with Gasteiger partial charge >= 0.3 is 0 Å². The molecule has 2 aromatic carbocycles. The Morgan fingerprint density at radius 2 is 1.96 bits per heavy atom. The van der Waals surface area contributed by atoms with Crippen LogP contribution in [-0.2, 0) is 6.42 Å². The SMILES string of the molecule is COc1ccc([C@H]2CC(=O)c3c(O)cc(O)cc3O2)c(CC=C(C)C)c1OC. The molecular weight excluding hydrogens is 360 g/mol. The van der Waals surface area contributed by atoms with E-state index in [0.29, 0.717) is 17.9 Å². The number of phenols is 2. The summed E-state index contributed by atoms with van der Waals surface area (Å²) in [7, 11) is 3.15. The molecule has 0 aliphatic carbocycles. The third-order valence-electron chi connectivity index (χ3n) is 4.73. The highest BCUT2D eigenvalue weighted by molar-refractivity contribution is 6.02. The molecule has 0 spiro atoms. The number of fused-ring (bicyclic) bond motifs is 1. The molecule has 0 saturated heterocycles. The molecule has 0 aromatic heterocycles. The molecule has 2 aromatic rings. The third-order valence-corrected chi connectivity index (χ3v) is 4.73. The molecule has 0 saturated carbocycles. The Balaban J connectivity index is 2.10. The van der Waals surface area contributed by atoms with Crippen molar-refractivity contribution in [2.75, 3.05) is 14.2 Å². The molecule has 6 nitrogen and oxygen atoms in total. The molecule has 2 N–H and O–H groups in total. The minimum absolute atomic E-state index is 0.0721. The fraction of sp³-hybridized carbons (Fsp3) is 0.318. The van der Waals surface area contributed by atoms with Gasteiger partial charge in [-0.1, -0.05) is 17.7 Å². The lowest BCUT2D eigenvalue weighted by atomic mass is 9.91. The Morgan fingerprint density at radius 3 is 2.61 bits per heavy atom. The Labute approximate surface area is 164 Å². The highest BCUT2D eigenvalue weighted by Gasteiger charge is 2.33. The fourth-order valence-corrected chi connectivity index (χ4v) is 3.42. The maximum Gasteiger partial charge on any atom is 0.174 e. The van der Waals surface area contributed by atoms with Crippen molar-refractivity contribution >= 4 is 5.78 Å². The minimum atomic E-state index is -0.568. The second-order valence-electron chi connectivity index (χ2n) is 6.93. The summed E-state index contributed by atoms with van der Waals surface area (Å²) in [5.41, 5.74) is 2.92. The van der Waals surface area contributed by atoms with E-state index in [-0.39, 0.29) is 35.0 Å². The number of phenolic OH excluding ortho intramolecular Hbond substituents is 2. The van der Waals surface area contributed by atoms with Gasteiger partial charge in [-0.05, 0) is 26.3 Å². The highest BCUT2D eigenvalue weighted by atomic mass is 16.5. The number of hydrogen-bond donors (Lipinski definition) is 2. The summed E-state index contributed by atoms with van der Waals surface area (Å²) in [5.74, 6) is 0.671. The zero-order chi connectivity index (χ0) is 20.4. The van der Waals surface area contributed by atoms with E-state index >= 15 is 0 Å². The van der Waals surface area contributed by atoms with Crippen LogP contribution in [0.15, 0.2) is 35.9 Å². The first-order chi connectivity index (χ1) is 13.3. The van der Waals surface area contributed by atoms with Crippen molar-refractivity contribution in [3.63, 3.8) is 0 Å². The lowest BCUT2D eigenvalue weighted by Crippen LogP contribution is -2.22. The molecule has 1 heterocycles. The standard InChI is InChI=1S/C22H24O6/c1-12(2)5-6-15-14(7-8-18(26-3)22(15)27-4)19-11-17(25)21-16(24)9-13(23)10-20(21)28-19/h5,7-10,19,23-24H,6,11H2,1-4H3/t19-/m1/s1. The number of hydrogen-bond acceptors (Lipinski definition) is 6. The molecule has 0 unspecified atom stereocenters. The first kappa shape index (κ1) is 19.6. The molecule has 0 amide bonds. The fourth-order valence-electron chi connectivity index (χ4n) is 3.42. The number of methoxy groups -OCH3 is 2. The van der Waals surface area contributed by atoms with E-state index in [1.807, 2.05) is 19.9 Å². The molecule has 1 aliphatic rings. The normalized spacial score (nSPS) is 15.4. The lowest BCUT2D eigenvalue weighted by Gasteiger charge is -2.28. The molecular formula is C22H24O6. The van der Waals surface area contributed by atoms with Crippen molar-refractivity contribution in [1.82, 2.24) is 0 Å². The first-order valence-electron chi connectivity index (χ1n) is 8.98. The first-order valence-corrected chi connectivity index (χ1v) is 8.98. The number of allylic oxidation sites excluding steroid dienone is 2. The lowest BCUT2D eigenvalue weighted by molar-refractivity contribution is 0.0843. The Kier molecular flexibility index (Phi) is 5.49. The van der Waals surface area contributed by atoms with Crippen molar-refractivity contribution in [3.05, 3.63) is 52.6 Å². The van der Waals surface area contributed by atoms with Crippen LogP contribution in [0, 0.1) is 0 Å². The molecule has 3 rings (SSSR count). The van der Waals surface area contributed by atoms with Crippen LogP contribution in [0.5, 0.6) is 28.7 Å². The van der Waals surface area contributed by atoms with Gasteiger partial charge in [0.05, 0.1) is 20.6 Å². The van der Waals surface area contributed by atoms with Gasteiger partial charge in [0.15, 0.2) is 17.3 Å². The number of ether oxygens (including phenoxy) is 3. The van der Waals surface area contributed by atoms with Gasteiger partial charge in [0.25, 0.3) is 0 Å². The van der Waals surface area contributed by atoms with Gasteiger partial charge in [-0.25, -0.2) is 0 Å². The molecule has 1 atom stereocenters. The number of Topliss-reactive ketones (excluding diaryl/α,β-unsaturated/α-hetero) is 1. The van der Waals surface area contributed by atoms with Gasteiger partial charge in [0.1, 0.15) is 28.9 Å². The van der Waals surface area contributed by atoms with Crippen molar-refractivity contribution < 1.29 is 29.2 Å². The Hall–Kier alpha value is -3.15. The van der Waals surface area contributed by atoms with Crippen LogP contribution < -0.4 is 14.2 Å². The number of rotatable bonds is 5. The van der Waals surface area contributed by atoms with Crippen molar-refractivity contribution in [2.45, 2.75) is 32.8 Å². The van der Waals surface area contributed by atoms with Gasteiger partial charge in [0.2, 0.25) is 0 Å². The summed E-state index contributed by atoms with van der Waals surface area (Å²) < 4.78 is 17.0. The van der Waals surface area contributed by atoms with Gasteiger partial charge in [-0.3, -0.25) is 4.79 Å². The van der Waals surface area contributed by atoms with E-state index in [1.165, 1.54) is 6.07 Å². The zero-order valence-electron chi connectivity index (χ0n) is 16.4. The van der Waals surface area contributed by atoms with E-state index in [4.69, 9.17) is 14.2 Å². The highest BCUT2D eigenvalue weighted by Crippen LogP contribution is 2.44. The minimum Gasteiger partial charge on any atom is -0.508 e. The molecule has 28 heavy (non-hydrogen) atoms. The molecule has 0 radical (unpaired) electrons. The number of benzene rings is 2. The van der Waals surface area contributed by atoms with Crippen molar-refractivity contribution in [2.24, 2.45) is 0 Å². The van der Waals surface area contributed by atoms with Gasteiger partial charge < -0.3 is 24.4 Å². The second kappa shape index (κ2) is 7.84. The van der Waals surface area contributed by atoms with Gasteiger partial charge in [-0.2, -0.15) is 0 Å². The maximum atomic E-state index is 12.7. The number of carbonyl (C=O) groups excluding carboxylic acids is 1. The van der Waals surface area contributed by atoms with Crippen LogP contribution in [0.3, 0.4) is 0 Å². The van der Waals surface area contributed by atoms with Crippen LogP contribution >= 0.6 is 0 Å². The van der Waals surface area contributed by atoms with Crippen molar-refractivity contribution in [3.8, 4) is 28.7 Å². The summed E-state index contributed by atoms with van der Waals surface area (Å²) in [6, 6.07) is 6.12.